The summed E-state index contributed by atoms with van der Waals surface area (Å²) in [7, 11) is 0. The predicted octanol–water partition coefficient (Wildman–Crippen LogP) is 1.53. The summed E-state index contributed by atoms with van der Waals surface area (Å²) >= 11 is 6.02. The maximum absolute atomic E-state index is 11.7. The van der Waals surface area contributed by atoms with E-state index >= 15 is 0 Å². The first-order chi connectivity index (χ1) is 12.0. The van der Waals surface area contributed by atoms with E-state index in [1.165, 1.54) is 0 Å². The number of morpholine rings is 1. The Hall–Kier alpha value is -1.83. The smallest absolute Gasteiger partial charge is 0.303 e. The van der Waals surface area contributed by atoms with Gasteiger partial charge in [-0.15, -0.1) is 0 Å². The first kappa shape index (κ1) is 19.5. The zero-order valence-electron chi connectivity index (χ0n) is 14.0. The molecule has 0 aliphatic carbocycles. The van der Waals surface area contributed by atoms with Gasteiger partial charge in [0.05, 0.1) is 19.6 Å². The van der Waals surface area contributed by atoms with Crippen LogP contribution in [0.25, 0.3) is 0 Å². The first-order valence-corrected chi connectivity index (χ1v) is 8.62. The van der Waals surface area contributed by atoms with E-state index in [-0.39, 0.29) is 25.3 Å². The minimum Gasteiger partial charge on any atom is -0.492 e. The summed E-state index contributed by atoms with van der Waals surface area (Å²) in [6, 6.07) is 5.25. The van der Waals surface area contributed by atoms with Crippen molar-refractivity contribution in [1.82, 2.24) is 10.2 Å². The summed E-state index contributed by atoms with van der Waals surface area (Å²) in [5, 5.41) is 11.8. The molecular weight excluding hydrogens is 348 g/mol. The van der Waals surface area contributed by atoms with Gasteiger partial charge in [-0.05, 0) is 18.2 Å². The lowest BCUT2D eigenvalue weighted by Gasteiger charge is -2.26. The zero-order valence-corrected chi connectivity index (χ0v) is 14.8. The Morgan fingerprint density at radius 3 is 2.76 bits per heavy atom. The molecule has 0 atom stereocenters. The molecule has 138 valence electrons. The van der Waals surface area contributed by atoms with Crippen molar-refractivity contribution in [1.29, 1.82) is 0 Å². The van der Waals surface area contributed by atoms with Crippen LogP contribution < -0.4 is 10.1 Å². The third-order valence-electron chi connectivity index (χ3n) is 3.83. The fourth-order valence-electron chi connectivity index (χ4n) is 2.44. The number of hydrogen-bond donors (Lipinski definition) is 2. The molecule has 1 saturated heterocycles. The predicted molar refractivity (Wildman–Crippen MR) is 92.9 cm³/mol. The molecular formula is C17H23ClN2O5. The van der Waals surface area contributed by atoms with Crippen LogP contribution in [0.4, 0.5) is 0 Å². The summed E-state index contributed by atoms with van der Waals surface area (Å²) in [6.07, 6.45) is -0.243. The van der Waals surface area contributed by atoms with E-state index in [0.29, 0.717) is 17.4 Å². The Morgan fingerprint density at radius 1 is 1.28 bits per heavy atom. The number of amides is 1. The number of hydrogen-bond acceptors (Lipinski definition) is 5. The second-order valence-electron chi connectivity index (χ2n) is 5.72. The highest BCUT2D eigenvalue weighted by atomic mass is 35.5. The molecule has 0 radical (unpaired) electrons. The van der Waals surface area contributed by atoms with E-state index in [0.717, 1.165) is 38.4 Å². The molecule has 1 aliphatic rings. The van der Waals surface area contributed by atoms with Crippen LogP contribution in [0.1, 0.15) is 18.4 Å². The first-order valence-electron chi connectivity index (χ1n) is 8.24. The third kappa shape index (κ3) is 7.29. The Morgan fingerprint density at radius 2 is 2.04 bits per heavy atom. The van der Waals surface area contributed by atoms with Crippen LogP contribution >= 0.6 is 11.6 Å². The molecule has 0 saturated carbocycles. The minimum atomic E-state index is -0.995. The second-order valence-corrected chi connectivity index (χ2v) is 6.16. The number of aliphatic carboxylic acids is 1. The average Bonchev–Trinajstić information content (AvgIpc) is 2.60. The fraction of sp³-hybridized carbons (Fsp3) is 0.529. The van der Waals surface area contributed by atoms with Crippen LogP contribution in [-0.2, 0) is 20.9 Å². The van der Waals surface area contributed by atoms with Gasteiger partial charge in [-0.2, -0.15) is 0 Å². The number of rotatable bonds is 9. The lowest BCUT2D eigenvalue weighted by atomic mass is 10.2. The maximum Gasteiger partial charge on any atom is 0.303 e. The van der Waals surface area contributed by atoms with Crippen LogP contribution in [-0.4, -0.2) is 61.3 Å². The fourth-order valence-corrected chi connectivity index (χ4v) is 2.63. The molecule has 1 aliphatic heterocycles. The standard InChI is InChI=1S/C17H23ClN2O5/c18-14-1-2-15(25-10-7-20-5-8-24-9-6-20)13(11-14)12-19-16(21)3-4-17(22)23/h1-2,11H,3-10,12H2,(H,19,21)(H,22,23). The molecule has 0 spiro atoms. The summed E-state index contributed by atoms with van der Waals surface area (Å²) in [6.45, 7) is 4.86. The average molecular weight is 371 g/mol. The molecule has 1 heterocycles. The SMILES string of the molecule is O=C(O)CCC(=O)NCc1cc(Cl)ccc1OCCN1CCOCC1. The van der Waals surface area contributed by atoms with Gasteiger partial charge in [0.2, 0.25) is 5.91 Å². The number of carbonyl (C=O) groups is 2. The number of halogens is 1. The quantitative estimate of drug-likeness (QED) is 0.685. The highest BCUT2D eigenvalue weighted by Gasteiger charge is 2.12. The van der Waals surface area contributed by atoms with Crippen molar-refractivity contribution in [3.05, 3.63) is 28.8 Å². The van der Waals surface area contributed by atoms with Crippen molar-refractivity contribution in [3.63, 3.8) is 0 Å². The van der Waals surface area contributed by atoms with Gasteiger partial charge in [0, 0.05) is 43.2 Å². The van der Waals surface area contributed by atoms with Crippen LogP contribution in [0.15, 0.2) is 18.2 Å². The highest BCUT2D eigenvalue weighted by molar-refractivity contribution is 6.30. The summed E-state index contributed by atoms with van der Waals surface area (Å²) in [5.74, 6) is -0.650. The van der Waals surface area contributed by atoms with Gasteiger partial charge in [0.15, 0.2) is 0 Å². The largest absolute Gasteiger partial charge is 0.492 e. The second kappa shape index (κ2) is 10.2. The van der Waals surface area contributed by atoms with Crippen LogP contribution in [0.5, 0.6) is 5.75 Å². The molecule has 1 amide bonds. The van der Waals surface area contributed by atoms with Crippen molar-refractivity contribution in [3.8, 4) is 5.75 Å². The molecule has 2 N–H and O–H groups in total. The molecule has 8 heteroatoms. The van der Waals surface area contributed by atoms with Gasteiger partial charge >= 0.3 is 5.97 Å². The van der Waals surface area contributed by atoms with E-state index in [2.05, 4.69) is 10.2 Å². The summed E-state index contributed by atoms with van der Waals surface area (Å²) in [5.41, 5.74) is 0.762. The van der Waals surface area contributed by atoms with Crippen LogP contribution in [0.2, 0.25) is 5.02 Å². The normalized spacial score (nSPS) is 14.9. The summed E-state index contributed by atoms with van der Waals surface area (Å²) in [4.78, 5) is 24.4. The lowest BCUT2D eigenvalue weighted by Crippen LogP contribution is -2.38. The molecule has 25 heavy (non-hydrogen) atoms. The Bertz CT molecular complexity index is 590. The van der Waals surface area contributed by atoms with E-state index in [9.17, 15) is 9.59 Å². The van der Waals surface area contributed by atoms with Gasteiger partial charge < -0.3 is 19.9 Å². The number of nitrogens with zero attached hydrogens (tertiary/aromatic N) is 1. The number of ether oxygens (including phenoxy) is 2. The van der Waals surface area contributed by atoms with Crippen molar-refractivity contribution in [2.75, 3.05) is 39.5 Å². The number of nitrogens with one attached hydrogen (secondary N) is 1. The minimum absolute atomic E-state index is 0.0525. The number of carboxylic acid groups (broad SMARTS) is 1. The van der Waals surface area contributed by atoms with E-state index in [4.69, 9.17) is 26.2 Å². The van der Waals surface area contributed by atoms with Gasteiger partial charge in [-0.3, -0.25) is 14.5 Å². The Labute approximate surface area is 151 Å². The Kier molecular flexibility index (Phi) is 7.97. The van der Waals surface area contributed by atoms with Crippen molar-refractivity contribution >= 4 is 23.5 Å². The van der Waals surface area contributed by atoms with Gasteiger partial charge in [-0.25, -0.2) is 0 Å². The molecule has 0 bridgehead atoms. The number of carboxylic acids is 1. The van der Waals surface area contributed by atoms with Crippen LogP contribution in [0, 0.1) is 0 Å². The summed E-state index contributed by atoms with van der Waals surface area (Å²) < 4.78 is 11.2. The molecule has 7 nitrogen and oxygen atoms in total. The third-order valence-corrected chi connectivity index (χ3v) is 4.07. The zero-order chi connectivity index (χ0) is 18.1. The van der Waals surface area contributed by atoms with E-state index in [1.54, 1.807) is 18.2 Å². The molecule has 0 unspecified atom stereocenters. The molecule has 0 aromatic heterocycles. The van der Waals surface area contributed by atoms with Gasteiger partial charge in [0.25, 0.3) is 0 Å². The van der Waals surface area contributed by atoms with Crippen molar-refractivity contribution < 1.29 is 24.2 Å². The van der Waals surface area contributed by atoms with Crippen molar-refractivity contribution in [2.45, 2.75) is 19.4 Å². The monoisotopic (exact) mass is 370 g/mol. The van der Waals surface area contributed by atoms with Gasteiger partial charge in [-0.1, -0.05) is 11.6 Å². The maximum atomic E-state index is 11.7. The van der Waals surface area contributed by atoms with E-state index in [1.807, 2.05) is 0 Å². The molecule has 2 rings (SSSR count). The molecule has 1 aromatic rings. The van der Waals surface area contributed by atoms with Crippen LogP contribution in [0.3, 0.4) is 0 Å². The topological polar surface area (TPSA) is 88.1 Å². The Balaban J connectivity index is 1.83. The molecule has 1 aromatic carbocycles. The molecule has 1 fully saturated rings. The van der Waals surface area contributed by atoms with Gasteiger partial charge in [0.1, 0.15) is 12.4 Å². The number of benzene rings is 1. The van der Waals surface area contributed by atoms with Crippen molar-refractivity contribution in [2.24, 2.45) is 0 Å². The highest BCUT2D eigenvalue weighted by Crippen LogP contribution is 2.23. The van der Waals surface area contributed by atoms with E-state index < -0.39 is 5.97 Å². The lowest BCUT2D eigenvalue weighted by molar-refractivity contribution is -0.138. The number of carbonyl (C=O) groups excluding carboxylic acids is 1.